The normalized spacial score (nSPS) is 20.0. The number of aromatic nitrogens is 2. The molecule has 3 aromatic rings. The van der Waals surface area contributed by atoms with Gasteiger partial charge in [-0.15, -0.1) is 10.2 Å². The molecule has 0 radical (unpaired) electrons. The first kappa shape index (κ1) is 18.8. The largest absolute Gasteiger partial charge is 0.492 e. The topological polar surface area (TPSA) is 75.2 Å². The summed E-state index contributed by atoms with van der Waals surface area (Å²) in [5.41, 5.74) is 1.93. The van der Waals surface area contributed by atoms with Gasteiger partial charge in [0, 0.05) is 18.0 Å². The maximum absolute atomic E-state index is 8.98. The number of likely N-dealkylation sites (tertiary alicyclic amines) is 1. The Hall–Kier alpha value is -3.17. The molecule has 0 bridgehead atoms. The first-order valence-corrected chi connectivity index (χ1v) is 10.5. The van der Waals surface area contributed by atoms with Crippen LogP contribution in [-0.4, -0.2) is 41.3 Å². The fourth-order valence-electron chi connectivity index (χ4n) is 4.49. The van der Waals surface area contributed by atoms with E-state index in [0.717, 1.165) is 56.1 Å². The lowest BCUT2D eigenvalue weighted by Crippen LogP contribution is -2.37. The number of ether oxygens (including phenoxy) is 1. The molecule has 2 aromatic carbocycles. The predicted molar refractivity (Wildman–Crippen MR) is 112 cm³/mol. The summed E-state index contributed by atoms with van der Waals surface area (Å²) in [4.78, 5) is 2.46. The van der Waals surface area contributed by atoms with E-state index in [1.807, 2.05) is 42.5 Å². The molecule has 1 spiro atoms. The van der Waals surface area contributed by atoms with E-state index in [4.69, 9.17) is 14.4 Å². The van der Waals surface area contributed by atoms with Crippen LogP contribution in [0.5, 0.6) is 5.75 Å². The number of rotatable bonds is 6. The quantitative estimate of drug-likeness (QED) is 0.616. The van der Waals surface area contributed by atoms with Gasteiger partial charge in [-0.2, -0.15) is 5.26 Å². The summed E-state index contributed by atoms with van der Waals surface area (Å²) in [5, 5.41) is 17.6. The van der Waals surface area contributed by atoms with Gasteiger partial charge in [-0.1, -0.05) is 24.3 Å². The SMILES string of the molecule is N#Cc1cccc(OCCN2CCC3(CC2)CC3c2nnc(-c3ccccc3)o2)c1. The summed E-state index contributed by atoms with van der Waals surface area (Å²) >= 11 is 0. The van der Waals surface area contributed by atoms with Gasteiger partial charge >= 0.3 is 0 Å². The molecular formula is C24H24N4O2. The Labute approximate surface area is 176 Å². The van der Waals surface area contributed by atoms with Crippen molar-refractivity contribution in [3.63, 3.8) is 0 Å². The van der Waals surface area contributed by atoms with Gasteiger partial charge in [0.25, 0.3) is 0 Å². The Morgan fingerprint density at radius 2 is 1.93 bits per heavy atom. The molecule has 1 saturated carbocycles. The molecule has 0 amide bonds. The van der Waals surface area contributed by atoms with Crippen LogP contribution in [0.25, 0.3) is 11.5 Å². The molecule has 6 heteroatoms. The molecule has 2 aliphatic rings. The van der Waals surface area contributed by atoms with Crippen LogP contribution in [0.1, 0.15) is 36.6 Å². The molecule has 30 heavy (non-hydrogen) atoms. The summed E-state index contributed by atoms with van der Waals surface area (Å²) in [6.07, 6.45) is 3.46. The zero-order chi connectivity index (χ0) is 20.4. The van der Waals surface area contributed by atoms with Crippen LogP contribution in [0.2, 0.25) is 0 Å². The van der Waals surface area contributed by atoms with E-state index in [0.29, 0.717) is 29.4 Å². The van der Waals surface area contributed by atoms with Crippen LogP contribution in [0, 0.1) is 16.7 Å². The average Bonchev–Trinajstić information content (AvgIpc) is 3.27. The summed E-state index contributed by atoms with van der Waals surface area (Å²) in [7, 11) is 0. The lowest BCUT2D eigenvalue weighted by atomic mass is 9.91. The molecule has 5 rings (SSSR count). The zero-order valence-corrected chi connectivity index (χ0v) is 16.8. The van der Waals surface area contributed by atoms with E-state index in [1.165, 1.54) is 0 Å². The number of hydrogen-bond acceptors (Lipinski definition) is 6. The van der Waals surface area contributed by atoms with Gasteiger partial charge in [0.1, 0.15) is 12.4 Å². The highest BCUT2D eigenvalue weighted by molar-refractivity contribution is 5.51. The van der Waals surface area contributed by atoms with Gasteiger partial charge in [0.2, 0.25) is 11.8 Å². The maximum atomic E-state index is 8.98. The van der Waals surface area contributed by atoms with Crippen molar-refractivity contribution in [1.82, 2.24) is 15.1 Å². The van der Waals surface area contributed by atoms with Crippen molar-refractivity contribution < 1.29 is 9.15 Å². The van der Waals surface area contributed by atoms with E-state index in [-0.39, 0.29) is 0 Å². The highest BCUT2D eigenvalue weighted by Crippen LogP contribution is 2.64. The van der Waals surface area contributed by atoms with Gasteiger partial charge < -0.3 is 9.15 Å². The minimum Gasteiger partial charge on any atom is -0.492 e. The van der Waals surface area contributed by atoms with Gasteiger partial charge in [-0.05, 0) is 68.1 Å². The highest BCUT2D eigenvalue weighted by atomic mass is 16.5. The summed E-state index contributed by atoms with van der Waals surface area (Å²) < 4.78 is 11.8. The summed E-state index contributed by atoms with van der Waals surface area (Å²) in [5.74, 6) is 2.57. The van der Waals surface area contributed by atoms with Crippen molar-refractivity contribution in [2.24, 2.45) is 5.41 Å². The first-order valence-electron chi connectivity index (χ1n) is 10.5. The van der Waals surface area contributed by atoms with Crippen LogP contribution in [-0.2, 0) is 0 Å². The minimum atomic E-state index is 0.332. The summed E-state index contributed by atoms with van der Waals surface area (Å²) in [6.45, 7) is 3.67. The molecule has 1 saturated heterocycles. The summed E-state index contributed by atoms with van der Waals surface area (Å²) in [6, 6.07) is 19.4. The van der Waals surface area contributed by atoms with Gasteiger partial charge in [0.05, 0.1) is 11.6 Å². The number of nitriles is 1. The average molecular weight is 400 g/mol. The van der Waals surface area contributed by atoms with Gasteiger partial charge in [-0.3, -0.25) is 4.90 Å². The van der Waals surface area contributed by atoms with Crippen molar-refractivity contribution in [3.05, 3.63) is 66.1 Å². The first-order chi connectivity index (χ1) is 14.8. The number of benzene rings is 2. The molecule has 1 unspecified atom stereocenters. The molecule has 2 heterocycles. The molecule has 152 valence electrons. The smallest absolute Gasteiger partial charge is 0.247 e. The Morgan fingerprint density at radius 3 is 2.73 bits per heavy atom. The van der Waals surface area contributed by atoms with E-state index in [9.17, 15) is 0 Å². The monoisotopic (exact) mass is 400 g/mol. The number of nitrogens with zero attached hydrogens (tertiary/aromatic N) is 4. The van der Waals surface area contributed by atoms with Crippen LogP contribution >= 0.6 is 0 Å². The molecule has 0 N–H and O–H groups in total. The lowest BCUT2D eigenvalue weighted by molar-refractivity contribution is 0.142. The number of hydrogen-bond donors (Lipinski definition) is 0. The van der Waals surface area contributed by atoms with Crippen molar-refractivity contribution in [3.8, 4) is 23.3 Å². The second-order valence-electron chi connectivity index (χ2n) is 8.26. The van der Waals surface area contributed by atoms with Crippen molar-refractivity contribution >= 4 is 0 Å². The third kappa shape index (κ3) is 3.81. The molecule has 1 aromatic heterocycles. The van der Waals surface area contributed by atoms with Crippen LogP contribution in [0.15, 0.2) is 59.0 Å². The fourth-order valence-corrected chi connectivity index (χ4v) is 4.49. The predicted octanol–water partition coefficient (Wildman–Crippen LogP) is 4.26. The minimum absolute atomic E-state index is 0.332. The number of piperidine rings is 1. The third-order valence-electron chi connectivity index (χ3n) is 6.44. The lowest BCUT2D eigenvalue weighted by Gasteiger charge is -2.32. The van der Waals surface area contributed by atoms with E-state index in [2.05, 4.69) is 21.2 Å². The molecule has 2 fully saturated rings. The van der Waals surface area contributed by atoms with E-state index in [1.54, 1.807) is 12.1 Å². The fraction of sp³-hybridized carbons (Fsp3) is 0.375. The molecule has 1 aliphatic carbocycles. The Morgan fingerprint density at radius 1 is 1.10 bits per heavy atom. The van der Waals surface area contributed by atoms with E-state index >= 15 is 0 Å². The van der Waals surface area contributed by atoms with Crippen LogP contribution in [0.4, 0.5) is 0 Å². The van der Waals surface area contributed by atoms with Crippen molar-refractivity contribution in [2.45, 2.75) is 25.2 Å². The second-order valence-corrected chi connectivity index (χ2v) is 8.26. The molecule has 1 aliphatic heterocycles. The van der Waals surface area contributed by atoms with Crippen molar-refractivity contribution in [2.75, 3.05) is 26.2 Å². The highest BCUT2D eigenvalue weighted by Gasteiger charge is 2.58. The Kier molecular flexibility index (Phi) is 4.97. The van der Waals surface area contributed by atoms with Gasteiger partial charge in [0.15, 0.2) is 0 Å². The Bertz CT molecular complexity index is 1050. The van der Waals surface area contributed by atoms with Gasteiger partial charge in [-0.25, -0.2) is 0 Å². The standard InChI is InChI=1S/C24H24N4O2/c25-17-18-5-4-8-20(15-18)29-14-13-28-11-9-24(10-12-28)16-21(24)23-27-26-22(30-23)19-6-2-1-3-7-19/h1-8,15,21H,9-14,16H2. The van der Waals surface area contributed by atoms with Crippen LogP contribution in [0.3, 0.4) is 0 Å². The third-order valence-corrected chi connectivity index (χ3v) is 6.44. The van der Waals surface area contributed by atoms with Crippen molar-refractivity contribution in [1.29, 1.82) is 5.26 Å². The molecule has 6 nitrogen and oxygen atoms in total. The zero-order valence-electron chi connectivity index (χ0n) is 16.8. The van der Waals surface area contributed by atoms with Crippen LogP contribution < -0.4 is 4.74 Å². The Balaban J connectivity index is 1.11. The maximum Gasteiger partial charge on any atom is 0.247 e. The molecular weight excluding hydrogens is 376 g/mol. The molecule has 1 atom stereocenters. The van der Waals surface area contributed by atoms with E-state index < -0.39 is 0 Å². The second kappa shape index (κ2) is 7.92.